The fraction of sp³-hybridized carbons (Fsp3) is 0.579. The average Bonchev–Trinajstić information content (AvgIpc) is 2.80. The molecule has 136 valence electrons. The van der Waals surface area contributed by atoms with Crippen molar-refractivity contribution in [1.29, 1.82) is 0 Å². The van der Waals surface area contributed by atoms with Crippen LogP contribution < -0.4 is 5.32 Å². The van der Waals surface area contributed by atoms with Crippen LogP contribution in [-0.2, 0) is 17.8 Å². The molecule has 1 aromatic carbocycles. The van der Waals surface area contributed by atoms with Crippen molar-refractivity contribution in [3.05, 3.63) is 33.3 Å². The Morgan fingerprint density at radius 2 is 2.04 bits per heavy atom. The summed E-state index contributed by atoms with van der Waals surface area (Å²) in [6.45, 7) is 8.56. The Balaban J connectivity index is 1.76. The monoisotopic (exact) mass is 408 g/mol. The number of hydrogen-bond acceptors (Lipinski definition) is 4. The van der Waals surface area contributed by atoms with Gasteiger partial charge in [-0.1, -0.05) is 15.9 Å². The molecule has 0 spiro atoms. The molecule has 0 bridgehead atoms. The lowest BCUT2D eigenvalue weighted by molar-refractivity contribution is 0.0248. The summed E-state index contributed by atoms with van der Waals surface area (Å²) in [6, 6.07) is 3.92. The Kier molecular flexibility index (Phi) is 4.71. The Morgan fingerprint density at radius 3 is 2.60 bits per heavy atom. The number of fused-ring (bicyclic) bond motifs is 1. The maximum Gasteiger partial charge on any atom is 0.417 e. The molecular formula is C19H25BrN2O3. The van der Waals surface area contributed by atoms with Gasteiger partial charge in [-0.2, -0.15) is 0 Å². The Bertz CT molecular complexity index is 720. The minimum atomic E-state index is -0.628. The van der Waals surface area contributed by atoms with Crippen LogP contribution >= 0.6 is 15.9 Å². The second kappa shape index (κ2) is 6.40. The van der Waals surface area contributed by atoms with Gasteiger partial charge < -0.3 is 10.1 Å². The van der Waals surface area contributed by atoms with E-state index in [1.54, 1.807) is 20.8 Å². The third kappa shape index (κ3) is 3.90. The zero-order chi connectivity index (χ0) is 18.4. The minimum absolute atomic E-state index is 0.206. The summed E-state index contributed by atoms with van der Waals surface area (Å²) in [5, 5.41) is 3.57. The molecule has 1 N–H and O–H groups in total. The van der Waals surface area contributed by atoms with Gasteiger partial charge in [-0.3, -0.25) is 4.79 Å². The van der Waals surface area contributed by atoms with E-state index < -0.39 is 11.7 Å². The zero-order valence-electron chi connectivity index (χ0n) is 15.2. The molecule has 2 aliphatic rings. The molecule has 1 fully saturated rings. The molecule has 1 aliphatic carbocycles. The molecule has 0 saturated heterocycles. The lowest BCUT2D eigenvalue weighted by Crippen LogP contribution is -2.47. The third-order valence-corrected chi connectivity index (χ3v) is 5.54. The van der Waals surface area contributed by atoms with Crippen LogP contribution in [0, 0.1) is 0 Å². The number of amides is 2. The number of carbonyl (C=O) groups excluding carboxylic acids is 2. The second-order valence-electron chi connectivity index (χ2n) is 8.24. The lowest BCUT2D eigenvalue weighted by atomic mass is 9.78. The van der Waals surface area contributed by atoms with E-state index >= 15 is 0 Å². The second-order valence-corrected chi connectivity index (χ2v) is 9.10. The maximum absolute atomic E-state index is 12.7. The predicted octanol–water partition coefficient (Wildman–Crippen LogP) is 4.37. The quantitative estimate of drug-likeness (QED) is 0.806. The van der Waals surface area contributed by atoms with Crippen molar-refractivity contribution in [3.63, 3.8) is 0 Å². The first kappa shape index (κ1) is 18.4. The molecule has 2 amide bonds. The fourth-order valence-electron chi connectivity index (χ4n) is 3.19. The van der Waals surface area contributed by atoms with Crippen LogP contribution in [0.2, 0.25) is 0 Å². The molecular weight excluding hydrogens is 384 g/mol. The summed E-state index contributed by atoms with van der Waals surface area (Å²) in [4.78, 5) is 26.1. The van der Waals surface area contributed by atoms with Crippen LogP contribution in [0.5, 0.6) is 0 Å². The van der Waals surface area contributed by atoms with Gasteiger partial charge in [-0.05, 0) is 70.2 Å². The van der Waals surface area contributed by atoms with E-state index in [4.69, 9.17) is 4.74 Å². The van der Waals surface area contributed by atoms with Crippen molar-refractivity contribution >= 4 is 27.9 Å². The van der Waals surface area contributed by atoms with Crippen molar-refractivity contribution in [1.82, 2.24) is 10.2 Å². The molecule has 1 aliphatic heterocycles. The van der Waals surface area contributed by atoms with E-state index in [9.17, 15) is 9.59 Å². The van der Waals surface area contributed by atoms with Crippen molar-refractivity contribution < 1.29 is 14.3 Å². The lowest BCUT2D eigenvalue weighted by Gasteiger charge is -2.39. The van der Waals surface area contributed by atoms with Gasteiger partial charge in [0.25, 0.3) is 5.91 Å². The predicted molar refractivity (Wildman–Crippen MR) is 99.3 cm³/mol. The first-order chi connectivity index (χ1) is 11.6. The van der Waals surface area contributed by atoms with Crippen LogP contribution in [0.1, 0.15) is 68.4 Å². The fourth-order valence-corrected chi connectivity index (χ4v) is 3.82. The van der Waals surface area contributed by atoms with E-state index in [2.05, 4.69) is 28.2 Å². The van der Waals surface area contributed by atoms with Gasteiger partial charge in [0, 0.05) is 22.1 Å². The highest BCUT2D eigenvalue weighted by Crippen LogP contribution is 2.34. The first-order valence-corrected chi connectivity index (χ1v) is 9.48. The number of halogens is 1. The Hall–Kier alpha value is -1.40. The molecule has 25 heavy (non-hydrogen) atoms. The standard InChI is InChI=1S/C19H25BrN2O3/c1-18(2,3)25-17(24)22-11-14-13(16(22)23)8-12(9-15(14)20)10-21-19(4)6-5-7-19/h8-9,21H,5-7,10-11H2,1-4H3. The highest BCUT2D eigenvalue weighted by Gasteiger charge is 2.37. The van der Waals surface area contributed by atoms with Gasteiger partial charge in [-0.25, -0.2) is 9.69 Å². The van der Waals surface area contributed by atoms with Crippen LogP contribution in [0.4, 0.5) is 4.79 Å². The molecule has 1 saturated carbocycles. The molecule has 1 aromatic rings. The van der Waals surface area contributed by atoms with E-state index in [0.29, 0.717) is 12.1 Å². The minimum Gasteiger partial charge on any atom is -0.443 e. The third-order valence-electron chi connectivity index (χ3n) is 4.84. The van der Waals surface area contributed by atoms with E-state index in [0.717, 1.165) is 15.6 Å². The smallest absolute Gasteiger partial charge is 0.417 e. The summed E-state index contributed by atoms with van der Waals surface area (Å²) in [7, 11) is 0. The summed E-state index contributed by atoms with van der Waals surface area (Å²) >= 11 is 3.56. The molecule has 0 aromatic heterocycles. The van der Waals surface area contributed by atoms with Gasteiger partial charge in [0.1, 0.15) is 5.60 Å². The Labute approximate surface area is 157 Å². The van der Waals surface area contributed by atoms with Crippen LogP contribution in [0.15, 0.2) is 16.6 Å². The van der Waals surface area contributed by atoms with Crippen LogP contribution in [-0.4, -0.2) is 28.0 Å². The van der Waals surface area contributed by atoms with Gasteiger partial charge in [0.2, 0.25) is 0 Å². The van der Waals surface area contributed by atoms with Gasteiger partial charge in [-0.15, -0.1) is 0 Å². The number of carbonyl (C=O) groups is 2. The van der Waals surface area contributed by atoms with Gasteiger partial charge in [0.05, 0.1) is 6.54 Å². The number of nitrogens with zero attached hydrogens (tertiary/aromatic N) is 1. The largest absolute Gasteiger partial charge is 0.443 e. The number of nitrogens with one attached hydrogen (secondary N) is 1. The highest BCUT2D eigenvalue weighted by molar-refractivity contribution is 9.10. The number of rotatable bonds is 3. The number of imide groups is 1. The normalized spacial score (nSPS) is 18.8. The topological polar surface area (TPSA) is 58.6 Å². The van der Waals surface area contributed by atoms with Gasteiger partial charge >= 0.3 is 6.09 Å². The van der Waals surface area contributed by atoms with Gasteiger partial charge in [0.15, 0.2) is 0 Å². The average molecular weight is 409 g/mol. The maximum atomic E-state index is 12.7. The van der Waals surface area contributed by atoms with Crippen molar-refractivity contribution in [2.75, 3.05) is 0 Å². The summed E-state index contributed by atoms with van der Waals surface area (Å²) < 4.78 is 6.21. The summed E-state index contributed by atoms with van der Waals surface area (Å²) in [6.07, 6.45) is 3.04. The molecule has 5 nitrogen and oxygen atoms in total. The van der Waals surface area contributed by atoms with E-state index in [-0.39, 0.29) is 18.0 Å². The van der Waals surface area contributed by atoms with Crippen molar-refractivity contribution in [2.24, 2.45) is 0 Å². The van der Waals surface area contributed by atoms with Crippen LogP contribution in [0.3, 0.4) is 0 Å². The Morgan fingerprint density at radius 1 is 1.36 bits per heavy atom. The zero-order valence-corrected chi connectivity index (χ0v) is 16.8. The summed E-state index contributed by atoms with van der Waals surface area (Å²) in [5.41, 5.74) is 2.04. The summed E-state index contributed by atoms with van der Waals surface area (Å²) in [5.74, 6) is -0.290. The SMILES string of the molecule is CC1(NCc2cc(Br)c3c(c2)C(=O)N(C(=O)OC(C)(C)C)C3)CCC1. The van der Waals surface area contributed by atoms with Crippen LogP contribution in [0.25, 0.3) is 0 Å². The molecule has 1 heterocycles. The molecule has 3 rings (SSSR count). The van der Waals surface area contributed by atoms with Crippen molar-refractivity contribution in [3.8, 4) is 0 Å². The molecule has 0 radical (unpaired) electrons. The highest BCUT2D eigenvalue weighted by atomic mass is 79.9. The first-order valence-electron chi connectivity index (χ1n) is 8.69. The number of ether oxygens (including phenoxy) is 1. The molecule has 0 unspecified atom stereocenters. The molecule has 0 atom stereocenters. The molecule has 6 heteroatoms. The number of hydrogen-bond donors (Lipinski definition) is 1. The number of benzene rings is 1. The van der Waals surface area contributed by atoms with E-state index in [1.807, 2.05) is 12.1 Å². The van der Waals surface area contributed by atoms with E-state index in [1.165, 1.54) is 24.2 Å². The van der Waals surface area contributed by atoms with Crippen molar-refractivity contribution in [2.45, 2.75) is 71.2 Å².